The first-order valence-electron chi connectivity index (χ1n) is 5.70. The zero-order valence-corrected chi connectivity index (χ0v) is 10.5. The van der Waals surface area contributed by atoms with Crippen molar-refractivity contribution in [2.24, 2.45) is 0 Å². The molecule has 3 N–H and O–H groups in total. The number of aromatic carboxylic acids is 2. The molecule has 0 bridgehead atoms. The van der Waals surface area contributed by atoms with Crippen LogP contribution in [0.15, 0.2) is 51.5 Å². The largest absolute Gasteiger partial charge is 0.508 e. The minimum atomic E-state index is -1.12. The summed E-state index contributed by atoms with van der Waals surface area (Å²) in [6.45, 7) is 0. The summed E-state index contributed by atoms with van der Waals surface area (Å²) in [5.74, 6) is -2.24. The number of carbonyl (C=O) groups is 2. The zero-order chi connectivity index (χ0) is 15.4. The molecule has 0 fully saturated rings. The van der Waals surface area contributed by atoms with E-state index in [9.17, 15) is 9.59 Å². The highest BCUT2D eigenvalue weighted by atomic mass is 16.4. The summed E-state index contributed by atoms with van der Waals surface area (Å²) in [5.41, 5.74) is 0.373. The third kappa shape index (κ3) is 3.41. The van der Waals surface area contributed by atoms with Gasteiger partial charge in [-0.3, -0.25) is 0 Å². The summed E-state index contributed by atoms with van der Waals surface area (Å²) < 4.78 is 9.45. The smallest absolute Gasteiger partial charge is 0.371 e. The van der Waals surface area contributed by atoms with Crippen molar-refractivity contribution in [1.82, 2.24) is 0 Å². The molecule has 2 heterocycles. The molecule has 0 spiro atoms. The first-order valence-corrected chi connectivity index (χ1v) is 5.70. The summed E-state index contributed by atoms with van der Waals surface area (Å²) in [4.78, 5) is 20.5. The zero-order valence-electron chi connectivity index (χ0n) is 10.5. The van der Waals surface area contributed by atoms with Crippen LogP contribution in [0.4, 0.5) is 0 Å². The molecule has 0 saturated carbocycles. The number of hydrogen-bond donors (Lipinski definition) is 3. The maximum absolute atomic E-state index is 10.5. The molecule has 0 unspecified atom stereocenters. The molecule has 7 nitrogen and oxygen atoms in total. The lowest BCUT2D eigenvalue weighted by molar-refractivity contribution is 0.0654. The summed E-state index contributed by atoms with van der Waals surface area (Å²) in [6, 6.07) is 8.79. The topological polar surface area (TPSA) is 121 Å². The Morgan fingerprint density at radius 1 is 0.952 bits per heavy atom. The van der Waals surface area contributed by atoms with Gasteiger partial charge in [0.05, 0.1) is 6.26 Å². The van der Waals surface area contributed by atoms with Gasteiger partial charge in [0, 0.05) is 11.5 Å². The van der Waals surface area contributed by atoms with E-state index in [1.807, 2.05) is 0 Å². The van der Waals surface area contributed by atoms with Gasteiger partial charge in [-0.15, -0.1) is 0 Å². The van der Waals surface area contributed by atoms with Gasteiger partial charge in [-0.1, -0.05) is 0 Å². The summed E-state index contributed by atoms with van der Waals surface area (Å²) in [6.07, 6.45) is 1.32. The summed E-state index contributed by atoms with van der Waals surface area (Å²) in [7, 11) is 0. The van der Waals surface area contributed by atoms with E-state index in [0.717, 1.165) is 0 Å². The molecule has 7 heteroatoms. The number of benzene rings is 1. The van der Waals surface area contributed by atoms with Crippen LogP contribution < -0.4 is 0 Å². The number of hydrogen-bond acceptors (Lipinski definition) is 5. The van der Waals surface area contributed by atoms with Gasteiger partial charge in [-0.05, 0) is 30.3 Å². The first-order chi connectivity index (χ1) is 9.97. The number of phenols is 1. The van der Waals surface area contributed by atoms with Crippen LogP contribution in [0.1, 0.15) is 21.1 Å². The average Bonchev–Trinajstić information content (AvgIpc) is 3.08. The fraction of sp³-hybridized carbons (Fsp3) is 0. The molecule has 3 rings (SSSR count). The van der Waals surface area contributed by atoms with Gasteiger partial charge in [0.15, 0.2) is 0 Å². The Labute approximate surface area is 117 Å². The molecule has 3 aromatic rings. The lowest BCUT2D eigenvalue weighted by Crippen LogP contribution is -1.91. The van der Waals surface area contributed by atoms with Crippen LogP contribution in [0.2, 0.25) is 0 Å². The van der Waals surface area contributed by atoms with E-state index in [0.29, 0.717) is 11.0 Å². The predicted molar refractivity (Wildman–Crippen MR) is 70.5 cm³/mol. The van der Waals surface area contributed by atoms with Crippen LogP contribution in [-0.2, 0) is 0 Å². The van der Waals surface area contributed by atoms with Gasteiger partial charge >= 0.3 is 11.9 Å². The van der Waals surface area contributed by atoms with Crippen LogP contribution >= 0.6 is 0 Å². The highest BCUT2D eigenvalue weighted by Gasteiger charge is 2.09. The van der Waals surface area contributed by atoms with Crippen molar-refractivity contribution in [2.45, 2.75) is 0 Å². The predicted octanol–water partition coefficient (Wildman–Crippen LogP) is 2.81. The van der Waals surface area contributed by atoms with Crippen molar-refractivity contribution in [3.8, 4) is 5.75 Å². The fourth-order valence-corrected chi connectivity index (χ4v) is 1.53. The highest BCUT2D eigenvalue weighted by Crippen LogP contribution is 2.23. The van der Waals surface area contributed by atoms with E-state index in [4.69, 9.17) is 19.7 Å². The molecule has 21 heavy (non-hydrogen) atoms. The Morgan fingerprint density at radius 3 is 2.19 bits per heavy atom. The van der Waals surface area contributed by atoms with Gasteiger partial charge in [0.2, 0.25) is 11.5 Å². The highest BCUT2D eigenvalue weighted by molar-refractivity contribution is 5.91. The second kappa shape index (κ2) is 5.83. The Bertz CT molecular complexity index is 768. The molecular formula is C14H10O7. The van der Waals surface area contributed by atoms with Crippen molar-refractivity contribution in [1.29, 1.82) is 0 Å². The van der Waals surface area contributed by atoms with Gasteiger partial charge < -0.3 is 24.2 Å². The van der Waals surface area contributed by atoms with Gasteiger partial charge in [-0.25, -0.2) is 9.59 Å². The Balaban J connectivity index is 0.000000173. The molecule has 0 saturated heterocycles. The number of carboxylic acids is 2. The first kappa shape index (κ1) is 14.2. The average molecular weight is 290 g/mol. The quantitative estimate of drug-likeness (QED) is 0.663. The number of fused-ring (bicyclic) bond motifs is 1. The van der Waals surface area contributed by atoms with Crippen LogP contribution in [0, 0.1) is 0 Å². The van der Waals surface area contributed by atoms with Crippen molar-refractivity contribution in [3.05, 3.63) is 54.2 Å². The van der Waals surface area contributed by atoms with Gasteiger partial charge in [0.25, 0.3) is 0 Å². The van der Waals surface area contributed by atoms with Crippen molar-refractivity contribution in [3.63, 3.8) is 0 Å². The molecule has 0 aliphatic rings. The molecule has 0 radical (unpaired) electrons. The Hall–Kier alpha value is -3.22. The van der Waals surface area contributed by atoms with Crippen molar-refractivity contribution in [2.75, 3.05) is 0 Å². The molecule has 2 aromatic heterocycles. The second-order valence-electron chi connectivity index (χ2n) is 3.92. The number of rotatable bonds is 2. The van der Waals surface area contributed by atoms with Crippen molar-refractivity contribution < 1.29 is 33.7 Å². The molecule has 0 atom stereocenters. The van der Waals surface area contributed by atoms with E-state index in [1.54, 1.807) is 6.07 Å². The summed E-state index contributed by atoms with van der Waals surface area (Å²) >= 11 is 0. The summed E-state index contributed by atoms with van der Waals surface area (Å²) in [5, 5.41) is 26.5. The molecule has 0 amide bonds. The monoisotopic (exact) mass is 290 g/mol. The number of phenolic OH excluding ortho intramolecular Hbond substituents is 1. The van der Waals surface area contributed by atoms with Crippen LogP contribution in [-0.4, -0.2) is 27.3 Å². The van der Waals surface area contributed by atoms with E-state index in [-0.39, 0.29) is 17.3 Å². The Morgan fingerprint density at radius 2 is 1.67 bits per heavy atom. The lowest BCUT2D eigenvalue weighted by Gasteiger charge is -1.88. The van der Waals surface area contributed by atoms with Crippen LogP contribution in [0.5, 0.6) is 5.75 Å². The van der Waals surface area contributed by atoms with E-state index in [2.05, 4.69) is 4.42 Å². The van der Waals surface area contributed by atoms with Crippen molar-refractivity contribution >= 4 is 22.9 Å². The third-order valence-corrected chi connectivity index (χ3v) is 2.45. The van der Waals surface area contributed by atoms with Gasteiger partial charge in [-0.2, -0.15) is 0 Å². The Kier molecular flexibility index (Phi) is 3.94. The minimum absolute atomic E-state index is 0.0231. The number of aromatic hydroxyl groups is 1. The molecule has 108 valence electrons. The molecule has 1 aromatic carbocycles. The second-order valence-corrected chi connectivity index (χ2v) is 3.92. The minimum Gasteiger partial charge on any atom is -0.508 e. The van der Waals surface area contributed by atoms with Crippen LogP contribution in [0.25, 0.3) is 11.0 Å². The molecule has 0 aliphatic carbocycles. The van der Waals surface area contributed by atoms with E-state index in [1.165, 1.54) is 36.6 Å². The molecular weight excluding hydrogens is 280 g/mol. The maximum atomic E-state index is 10.5. The normalized spacial score (nSPS) is 9.90. The van der Waals surface area contributed by atoms with E-state index < -0.39 is 11.9 Å². The number of furan rings is 2. The number of carboxylic acid groups (broad SMARTS) is 2. The van der Waals surface area contributed by atoms with Crippen LogP contribution in [0.3, 0.4) is 0 Å². The lowest BCUT2D eigenvalue weighted by atomic mass is 10.2. The third-order valence-electron chi connectivity index (χ3n) is 2.45. The molecule has 0 aliphatic heterocycles. The SMILES string of the molecule is O=C(O)c1cc2ccc(O)cc2o1.O=C(O)c1ccco1. The van der Waals surface area contributed by atoms with Gasteiger partial charge in [0.1, 0.15) is 11.3 Å². The van der Waals surface area contributed by atoms with E-state index >= 15 is 0 Å². The standard InChI is InChI=1S/C9H6O4.C5H4O3/c10-6-2-1-5-3-8(9(11)12)13-7(5)4-6;6-5(7)4-2-1-3-8-4/h1-4,10H,(H,11,12);1-3H,(H,6,7). The fourth-order valence-electron chi connectivity index (χ4n) is 1.53. The maximum Gasteiger partial charge on any atom is 0.371 e.